The van der Waals surface area contributed by atoms with Crippen LogP contribution in [0.5, 0.6) is 0 Å². The Bertz CT molecular complexity index is 506. The van der Waals surface area contributed by atoms with E-state index in [0.717, 1.165) is 12.8 Å². The summed E-state index contributed by atoms with van der Waals surface area (Å²) in [6, 6.07) is 0. The van der Waals surface area contributed by atoms with E-state index in [1.807, 2.05) is 0 Å². The van der Waals surface area contributed by atoms with Gasteiger partial charge in [0.15, 0.2) is 0 Å². The first-order valence-electron chi connectivity index (χ1n) is 5.62. The van der Waals surface area contributed by atoms with Gasteiger partial charge in [-0.3, -0.25) is 0 Å². The van der Waals surface area contributed by atoms with E-state index >= 15 is 0 Å². The van der Waals surface area contributed by atoms with Gasteiger partial charge in [0.2, 0.25) is 15.3 Å². The van der Waals surface area contributed by atoms with Crippen molar-refractivity contribution in [3.63, 3.8) is 0 Å². The molecule has 0 spiro atoms. The number of nitrogens with zero attached hydrogens (tertiary/aromatic N) is 2. The van der Waals surface area contributed by atoms with Crippen molar-refractivity contribution in [1.29, 1.82) is 0 Å². The van der Waals surface area contributed by atoms with Gasteiger partial charge >= 0.3 is 0 Å². The maximum Gasteiger partial charge on any atom is 0.243 e. The Balaban J connectivity index is 1.97. The summed E-state index contributed by atoms with van der Waals surface area (Å²) in [5, 5.41) is 9.37. The van der Waals surface area contributed by atoms with E-state index in [9.17, 15) is 13.5 Å². The Hall–Kier alpha value is -0.760. The molecule has 0 radical (unpaired) electrons. The molecule has 0 aromatic carbocycles. The SMILES string of the molecule is O=S(=O)(NCC1CCC(O)C1)c1cnc(Cl)nc1. The van der Waals surface area contributed by atoms with Crippen molar-refractivity contribution in [3.05, 3.63) is 17.7 Å². The number of aromatic nitrogens is 2. The van der Waals surface area contributed by atoms with Crippen molar-refractivity contribution >= 4 is 21.6 Å². The van der Waals surface area contributed by atoms with E-state index in [0.29, 0.717) is 13.0 Å². The number of halogens is 1. The third-order valence-corrected chi connectivity index (χ3v) is 4.56. The number of aliphatic hydroxyl groups excluding tert-OH is 1. The van der Waals surface area contributed by atoms with Gasteiger partial charge in [-0.15, -0.1) is 0 Å². The average Bonchev–Trinajstić information content (AvgIpc) is 2.73. The first-order chi connectivity index (χ1) is 8.47. The number of rotatable bonds is 4. The fraction of sp³-hybridized carbons (Fsp3) is 0.600. The van der Waals surface area contributed by atoms with Gasteiger partial charge in [0.25, 0.3) is 0 Å². The lowest BCUT2D eigenvalue weighted by atomic mass is 10.1. The van der Waals surface area contributed by atoms with E-state index in [1.165, 1.54) is 12.4 Å². The molecule has 8 heteroatoms. The highest BCUT2D eigenvalue weighted by Crippen LogP contribution is 2.24. The molecule has 0 amide bonds. The van der Waals surface area contributed by atoms with Gasteiger partial charge < -0.3 is 5.11 Å². The van der Waals surface area contributed by atoms with E-state index in [1.54, 1.807) is 0 Å². The molecule has 0 aliphatic heterocycles. The Morgan fingerprint density at radius 1 is 1.39 bits per heavy atom. The van der Waals surface area contributed by atoms with Crippen LogP contribution in [0.2, 0.25) is 5.28 Å². The predicted molar refractivity (Wildman–Crippen MR) is 65.6 cm³/mol. The number of hydrogen-bond acceptors (Lipinski definition) is 5. The summed E-state index contributed by atoms with van der Waals surface area (Å²) >= 11 is 5.49. The molecule has 1 aliphatic rings. The molecule has 0 bridgehead atoms. The van der Waals surface area contributed by atoms with Crippen LogP contribution in [0.25, 0.3) is 0 Å². The van der Waals surface area contributed by atoms with Crippen molar-refractivity contribution in [2.24, 2.45) is 5.92 Å². The number of aliphatic hydroxyl groups is 1. The molecule has 1 heterocycles. The molecular formula is C10H14ClN3O3S. The normalized spacial score (nSPS) is 24.3. The molecule has 2 N–H and O–H groups in total. The van der Waals surface area contributed by atoms with Crippen molar-refractivity contribution in [2.45, 2.75) is 30.3 Å². The van der Waals surface area contributed by atoms with Gasteiger partial charge in [0, 0.05) is 6.54 Å². The van der Waals surface area contributed by atoms with Crippen molar-refractivity contribution in [2.75, 3.05) is 6.54 Å². The summed E-state index contributed by atoms with van der Waals surface area (Å²) in [6.07, 6.45) is 4.23. The quantitative estimate of drug-likeness (QED) is 0.791. The van der Waals surface area contributed by atoms with Gasteiger partial charge in [-0.1, -0.05) is 0 Å². The van der Waals surface area contributed by atoms with Gasteiger partial charge in [0.05, 0.1) is 18.5 Å². The largest absolute Gasteiger partial charge is 0.393 e. The van der Waals surface area contributed by atoms with Crippen LogP contribution in [0.15, 0.2) is 17.3 Å². The highest BCUT2D eigenvalue weighted by Gasteiger charge is 2.24. The highest BCUT2D eigenvalue weighted by molar-refractivity contribution is 7.89. The lowest BCUT2D eigenvalue weighted by Crippen LogP contribution is -2.29. The molecule has 2 rings (SSSR count). The van der Waals surface area contributed by atoms with Gasteiger partial charge in [0.1, 0.15) is 4.90 Å². The summed E-state index contributed by atoms with van der Waals surface area (Å²) in [7, 11) is -3.60. The van der Waals surface area contributed by atoms with Crippen LogP contribution < -0.4 is 4.72 Å². The van der Waals surface area contributed by atoms with Crippen molar-refractivity contribution in [1.82, 2.24) is 14.7 Å². The summed E-state index contributed by atoms with van der Waals surface area (Å²) in [5.74, 6) is 0.183. The van der Waals surface area contributed by atoms with Crippen molar-refractivity contribution < 1.29 is 13.5 Å². The molecule has 2 atom stereocenters. The van der Waals surface area contributed by atoms with Gasteiger partial charge in [-0.25, -0.2) is 23.1 Å². The summed E-state index contributed by atoms with van der Waals surface area (Å²) in [6.45, 7) is 0.321. The van der Waals surface area contributed by atoms with Crippen LogP contribution in [0.3, 0.4) is 0 Å². The van der Waals surface area contributed by atoms with E-state index in [2.05, 4.69) is 14.7 Å². The molecule has 0 saturated heterocycles. The maximum absolute atomic E-state index is 11.9. The number of hydrogen-bond donors (Lipinski definition) is 2. The second-order valence-corrected chi connectivity index (χ2v) is 6.48. The highest BCUT2D eigenvalue weighted by atomic mass is 35.5. The zero-order chi connectivity index (χ0) is 13.2. The van der Waals surface area contributed by atoms with Crippen LogP contribution in [-0.4, -0.2) is 36.1 Å². The van der Waals surface area contributed by atoms with Crippen LogP contribution >= 0.6 is 11.6 Å². The molecule has 1 aromatic rings. The minimum Gasteiger partial charge on any atom is -0.393 e. The Morgan fingerprint density at radius 3 is 2.61 bits per heavy atom. The van der Waals surface area contributed by atoms with E-state index < -0.39 is 10.0 Å². The van der Waals surface area contributed by atoms with Crippen molar-refractivity contribution in [3.8, 4) is 0 Å². The second-order valence-electron chi connectivity index (χ2n) is 4.37. The van der Waals surface area contributed by atoms with Gasteiger partial charge in [-0.05, 0) is 36.8 Å². The fourth-order valence-electron chi connectivity index (χ4n) is 1.98. The predicted octanol–water partition coefficient (Wildman–Crippen LogP) is 0.569. The van der Waals surface area contributed by atoms with E-state index in [-0.39, 0.29) is 22.2 Å². The molecule has 1 aliphatic carbocycles. The maximum atomic E-state index is 11.9. The Labute approximate surface area is 110 Å². The molecule has 1 saturated carbocycles. The first-order valence-corrected chi connectivity index (χ1v) is 7.49. The lowest BCUT2D eigenvalue weighted by Gasteiger charge is -2.11. The molecule has 18 heavy (non-hydrogen) atoms. The number of sulfonamides is 1. The number of nitrogens with one attached hydrogen (secondary N) is 1. The second kappa shape index (κ2) is 5.48. The summed E-state index contributed by atoms with van der Waals surface area (Å²) < 4.78 is 26.3. The van der Waals surface area contributed by atoms with Crippen LogP contribution in [0.4, 0.5) is 0 Å². The zero-order valence-electron chi connectivity index (χ0n) is 9.58. The topological polar surface area (TPSA) is 92.2 Å². The first kappa shape index (κ1) is 13.7. The van der Waals surface area contributed by atoms with Crippen LogP contribution in [0, 0.1) is 5.92 Å². The molecule has 100 valence electrons. The minimum atomic E-state index is -3.60. The average molecular weight is 292 g/mol. The third kappa shape index (κ3) is 3.38. The molecule has 1 fully saturated rings. The molecule has 6 nitrogen and oxygen atoms in total. The molecule has 2 unspecified atom stereocenters. The zero-order valence-corrected chi connectivity index (χ0v) is 11.2. The Morgan fingerprint density at radius 2 is 2.06 bits per heavy atom. The lowest BCUT2D eigenvalue weighted by molar-refractivity contribution is 0.178. The molecule has 1 aromatic heterocycles. The third-order valence-electron chi connectivity index (χ3n) is 2.98. The summed E-state index contributed by atoms with van der Waals surface area (Å²) in [5.41, 5.74) is 0. The monoisotopic (exact) mass is 291 g/mol. The van der Waals surface area contributed by atoms with Gasteiger partial charge in [-0.2, -0.15) is 0 Å². The smallest absolute Gasteiger partial charge is 0.243 e. The summed E-state index contributed by atoms with van der Waals surface area (Å²) in [4.78, 5) is 7.26. The van der Waals surface area contributed by atoms with Crippen LogP contribution in [-0.2, 0) is 10.0 Å². The van der Waals surface area contributed by atoms with E-state index in [4.69, 9.17) is 11.6 Å². The minimum absolute atomic E-state index is 0.00728. The fourth-order valence-corrected chi connectivity index (χ4v) is 3.09. The molecular weight excluding hydrogens is 278 g/mol. The standard InChI is InChI=1S/C10H14ClN3O3S/c11-10-12-5-9(6-13-10)18(16,17)14-4-7-1-2-8(15)3-7/h5-8,14-15H,1-4H2. The van der Waals surface area contributed by atoms with Crippen LogP contribution in [0.1, 0.15) is 19.3 Å². The Kier molecular flexibility index (Phi) is 4.16.